The molecule has 9 heteroatoms. The molecule has 1 N–H and O–H groups in total. The topological polar surface area (TPSA) is 63.7 Å². The van der Waals surface area contributed by atoms with Crippen LogP contribution in [0.2, 0.25) is 5.15 Å². The van der Waals surface area contributed by atoms with E-state index < -0.39 is 17.6 Å². The lowest BCUT2D eigenvalue weighted by molar-refractivity contribution is -0.0449. The first kappa shape index (κ1) is 22.6. The number of pyridine rings is 1. The van der Waals surface area contributed by atoms with E-state index in [0.29, 0.717) is 35.3 Å². The molecule has 2 aliphatic heterocycles. The molecule has 6 nitrogen and oxygen atoms in total. The minimum absolute atomic E-state index is 0.0820. The molecule has 0 bridgehead atoms. The fourth-order valence-corrected chi connectivity index (χ4v) is 4.41. The monoisotopic (exact) mass is 485 g/mol. The number of hydrogen-bond donors (Lipinski definition) is 1. The first-order valence-electron chi connectivity index (χ1n) is 10.9. The van der Waals surface area contributed by atoms with Crippen molar-refractivity contribution in [3.63, 3.8) is 0 Å². The van der Waals surface area contributed by atoms with Gasteiger partial charge in [0.05, 0.1) is 35.8 Å². The summed E-state index contributed by atoms with van der Waals surface area (Å²) in [5, 5.41) is 3.18. The maximum atomic E-state index is 15.1. The molecule has 34 heavy (non-hydrogen) atoms. The summed E-state index contributed by atoms with van der Waals surface area (Å²) in [7, 11) is 1.35. The Balaban J connectivity index is 1.40. The summed E-state index contributed by atoms with van der Waals surface area (Å²) in [6.45, 7) is 1.34. The molecular formula is C25H22ClF2N3O3. The molecule has 2 atom stereocenters. The second kappa shape index (κ2) is 9.19. The smallest absolute Gasteiger partial charge is 0.337 e. The van der Waals surface area contributed by atoms with Gasteiger partial charge in [-0.15, -0.1) is 0 Å². The normalized spacial score (nSPS) is 18.8. The number of ether oxygens (including phenoxy) is 2. The van der Waals surface area contributed by atoms with Gasteiger partial charge in [0.25, 0.3) is 0 Å². The first-order valence-corrected chi connectivity index (χ1v) is 11.3. The van der Waals surface area contributed by atoms with Crippen LogP contribution in [0.25, 0.3) is 11.3 Å². The van der Waals surface area contributed by atoms with Gasteiger partial charge < -0.3 is 19.7 Å². The van der Waals surface area contributed by atoms with Crippen molar-refractivity contribution in [1.82, 2.24) is 4.98 Å². The standard InChI is InChI=1S/C25H22ClF2N3O3/c1-33-25(32)16-4-6-21-22(11-16)31(13-17-8-9-34-17)23(29-21)12-14-2-3-15(10-19(14)28)20-7-5-18(27)24(26)30-20/h2-7,10-11,17,23,29H,8-9,12-13H2,1H3/t17-,23?/m0/s1. The molecule has 5 rings (SSSR count). The van der Waals surface area contributed by atoms with Gasteiger partial charge in [-0.05, 0) is 48.4 Å². The molecule has 3 aromatic rings. The van der Waals surface area contributed by atoms with E-state index in [2.05, 4.69) is 15.2 Å². The fraction of sp³-hybridized carbons (Fsp3) is 0.280. The summed E-state index contributed by atoms with van der Waals surface area (Å²) in [6.07, 6.45) is 1.17. The van der Waals surface area contributed by atoms with Gasteiger partial charge in [-0.1, -0.05) is 23.7 Å². The Morgan fingerprint density at radius 1 is 1.21 bits per heavy atom. The zero-order valence-corrected chi connectivity index (χ0v) is 19.1. The third kappa shape index (κ3) is 4.31. The van der Waals surface area contributed by atoms with Gasteiger partial charge in [0.2, 0.25) is 0 Å². The Labute approximate surface area is 200 Å². The van der Waals surface area contributed by atoms with Gasteiger partial charge in [0, 0.05) is 25.1 Å². The van der Waals surface area contributed by atoms with E-state index in [-0.39, 0.29) is 17.4 Å². The number of nitrogens with zero attached hydrogens (tertiary/aromatic N) is 2. The molecule has 1 saturated heterocycles. The number of benzene rings is 2. The molecule has 0 radical (unpaired) electrons. The lowest BCUT2D eigenvalue weighted by Crippen LogP contribution is -2.46. The molecule has 3 heterocycles. The molecule has 1 aromatic heterocycles. The largest absolute Gasteiger partial charge is 0.465 e. The van der Waals surface area contributed by atoms with Gasteiger partial charge in [0.15, 0.2) is 11.0 Å². The zero-order valence-electron chi connectivity index (χ0n) is 18.4. The number of halogens is 3. The first-order chi connectivity index (χ1) is 16.4. The average molecular weight is 486 g/mol. The lowest BCUT2D eigenvalue weighted by Gasteiger charge is -2.35. The van der Waals surface area contributed by atoms with Crippen molar-refractivity contribution in [2.75, 3.05) is 30.5 Å². The SMILES string of the molecule is COC(=O)c1ccc2c(c1)N(C[C@@H]1CCO1)C(Cc1ccc(-c3ccc(F)c(Cl)n3)cc1F)N2. The number of aromatic nitrogens is 1. The molecule has 0 amide bonds. The van der Waals surface area contributed by atoms with Crippen LogP contribution in [0.15, 0.2) is 48.5 Å². The lowest BCUT2D eigenvalue weighted by atomic mass is 10.0. The zero-order chi connectivity index (χ0) is 23.8. The highest BCUT2D eigenvalue weighted by atomic mass is 35.5. The number of methoxy groups -OCH3 is 1. The minimum atomic E-state index is -0.625. The summed E-state index contributed by atoms with van der Waals surface area (Å²) in [5.74, 6) is -1.44. The molecule has 1 fully saturated rings. The van der Waals surface area contributed by atoms with Crippen molar-refractivity contribution < 1.29 is 23.0 Å². The highest BCUT2D eigenvalue weighted by Gasteiger charge is 2.33. The van der Waals surface area contributed by atoms with Gasteiger partial charge in [-0.3, -0.25) is 0 Å². The molecule has 0 spiro atoms. The van der Waals surface area contributed by atoms with Crippen LogP contribution in [-0.4, -0.2) is 43.5 Å². The number of rotatable bonds is 6. The predicted molar refractivity (Wildman–Crippen MR) is 125 cm³/mol. The van der Waals surface area contributed by atoms with E-state index in [9.17, 15) is 9.18 Å². The maximum Gasteiger partial charge on any atom is 0.337 e. The Kier molecular flexibility index (Phi) is 6.10. The summed E-state index contributed by atoms with van der Waals surface area (Å²) < 4.78 is 39.0. The van der Waals surface area contributed by atoms with Crippen LogP contribution >= 0.6 is 11.6 Å². The molecule has 0 saturated carbocycles. The second-order valence-corrected chi connectivity index (χ2v) is 8.65. The van der Waals surface area contributed by atoms with E-state index >= 15 is 4.39 Å². The molecule has 1 unspecified atom stereocenters. The summed E-state index contributed by atoms with van der Waals surface area (Å²) in [5.41, 5.74) is 3.57. The van der Waals surface area contributed by atoms with Crippen LogP contribution in [0.3, 0.4) is 0 Å². The van der Waals surface area contributed by atoms with Crippen LogP contribution < -0.4 is 10.2 Å². The molecule has 176 valence electrons. The fourth-order valence-electron chi connectivity index (χ4n) is 4.25. The van der Waals surface area contributed by atoms with Crippen molar-refractivity contribution in [3.8, 4) is 11.3 Å². The van der Waals surface area contributed by atoms with Gasteiger partial charge in [-0.25, -0.2) is 18.6 Å². The number of anilines is 2. The van der Waals surface area contributed by atoms with Crippen LogP contribution in [0.5, 0.6) is 0 Å². The number of nitrogens with one attached hydrogen (secondary N) is 1. The number of esters is 1. The van der Waals surface area contributed by atoms with E-state index in [1.54, 1.807) is 24.3 Å². The van der Waals surface area contributed by atoms with Crippen molar-refractivity contribution in [1.29, 1.82) is 0 Å². The predicted octanol–water partition coefficient (Wildman–Crippen LogP) is 5.06. The number of hydrogen-bond acceptors (Lipinski definition) is 6. The highest BCUT2D eigenvalue weighted by Crippen LogP contribution is 2.38. The van der Waals surface area contributed by atoms with Crippen molar-refractivity contribution in [2.24, 2.45) is 0 Å². The van der Waals surface area contributed by atoms with Crippen molar-refractivity contribution in [2.45, 2.75) is 25.1 Å². The van der Waals surface area contributed by atoms with E-state index in [1.165, 1.54) is 25.3 Å². The average Bonchev–Trinajstić information content (AvgIpc) is 3.14. The van der Waals surface area contributed by atoms with Crippen LogP contribution in [0.4, 0.5) is 20.2 Å². The summed E-state index contributed by atoms with van der Waals surface area (Å²) >= 11 is 5.77. The number of carbonyl (C=O) groups is 1. The minimum Gasteiger partial charge on any atom is -0.465 e. The van der Waals surface area contributed by atoms with Crippen LogP contribution in [0, 0.1) is 11.6 Å². The Morgan fingerprint density at radius 3 is 2.71 bits per heavy atom. The number of fused-ring (bicyclic) bond motifs is 1. The molecule has 2 aromatic carbocycles. The molecule has 0 aliphatic carbocycles. The third-order valence-corrected chi connectivity index (χ3v) is 6.45. The quantitative estimate of drug-likeness (QED) is 0.389. The summed E-state index contributed by atoms with van der Waals surface area (Å²) in [4.78, 5) is 18.1. The van der Waals surface area contributed by atoms with Gasteiger partial charge in [-0.2, -0.15) is 0 Å². The van der Waals surface area contributed by atoms with E-state index in [1.807, 2.05) is 6.07 Å². The highest BCUT2D eigenvalue weighted by molar-refractivity contribution is 6.29. The van der Waals surface area contributed by atoms with Gasteiger partial charge in [0.1, 0.15) is 12.0 Å². The van der Waals surface area contributed by atoms with Crippen LogP contribution in [-0.2, 0) is 15.9 Å². The third-order valence-electron chi connectivity index (χ3n) is 6.19. The van der Waals surface area contributed by atoms with E-state index in [4.69, 9.17) is 21.1 Å². The van der Waals surface area contributed by atoms with Crippen molar-refractivity contribution in [3.05, 3.63) is 76.4 Å². The Morgan fingerprint density at radius 2 is 2.03 bits per heavy atom. The van der Waals surface area contributed by atoms with Crippen molar-refractivity contribution >= 4 is 28.9 Å². The van der Waals surface area contributed by atoms with Gasteiger partial charge >= 0.3 is 5.97 Å². The van der Waals surface area contributed by atoms with Crippen LogP contribution in [0.1, 0.15) is 22.3 Å². The Bertz CT molecular complexity index is 1250. The number of carbonyl (C=O) groups excluding carboxylic acids is 1. The Hall–Kier alpha value is -3.23. The second-order valence-electron chi connectivity index (χ2n) is 8.30. The summed E-state index contributed by atoms with van der Waals surface area (Å²) in [6, 6.07) is 12.8. The van der Waals surface area contributed by atoms with E-state index in [0.717, 1.165) is 24.4 Å². The molecular weight excluding hydrogens is 464 g/mol. The maximum absolute atomic E-state index is 15.1. The molecule has 2 aliphatic rings.